The molecule has 3 nitrogen and oxygen atoms in total. The van der Waals surface area contributed by atoms with E-state index in [4.69, 9.17) is 0 Å². The summed E-state index contributed by atoms with van der Waals surface area (Å²) in [4.78, 5) is 15.5. The summed E-state index contributed by atoms with van der Waals surface area (Å²) in [7, 11) is 1.84. The standard InChI is InChI=1S/C9H14N2OS/c1-3-6-13-7-8(12)9-10-4-5-11(9)2/h4-5H,3,6-7H2,1-2H3. The van der Waals surface area contributed by atoms with Crippen LogP contribution in [0.1, 0.15) is 24.0 Å². The number of ketones is 1. The maximum absolute atomic E-state index is 11.5. The van der Waals surface area contributed by atoms with Crippen molar-refractivity contribution in [3.8, 4) is 0 Å². The SMILES string of the molecule is CCCSCC(=O)c1nccn1C. The molecule has 0 spiro atoms. The molecule has 0 bridgehead atoms. The van der Waals surface area contributed by atoms with Gasteiger partial charge in [0.1, 0.15) is 0 Å². The zero-order valence-corrected chi connectivity index (χ0v) is 8.80. The first-order valence-electron chi connectivity index (χ1n) is 4.34. The second kappa shape index (κ2) is 5.07. The molecule has 1 heterocycles. The summed E-state index contributed by atoms with van der Waals surface area (Å²) in [5, 5.41) is 0. The van der Waals surface area contributed by atoms with E-state index >= 15 is 0 Å². The van der Waals surface area contributed by atoms with E-state index in [9.17, 15) is 4.79 Å². The number of hydrogen-bond donors (Lipinski definition) is 0. The van der Waals surface area contributed by atoms with Gasteiger partial charge in [0.05, 0.1) is 5.75 Å². The first kappa shape index (κ1) is 10.3. The van der Waals surface area contributed by atoms with Crippen LogP contribution in [-0.4, -0.2) is 26.8 Å². The van der Waals surface area contributed by atoms with Crippen LogP contribution < -0.4 is 0 Å². The molecule has 0 aliphatic heterocycles. The topological polar surface area (TPSA) is 34.9 Å². The Morgan fingerprint density at radius 2 is 2.46 bits per heavy atom. The number of thioether (sulfide) groups is 1. The third-order valence-corrected chi connectivity index (χ3v) is 2.82. The van der Waals surface area contributed by atoms with Crippen molar-refractivity contribution >= 4 is 17.5 Å². The van der Waals surface area contributed by atoms with E-state index in [0.717, 1.165) is 12.2 Å². The Hall–Kier alpha value is -0.770. The third-order valence-electron chi connectivity index (χ3n) is 1.65. The molecule has 0 aliphatic rings. The Bertz CT molecular complexity index is 283. The lowest BCUT2D eigenvalue weighted by Gasteiger charge is -1.99. The van der Waals surface area contributed by atoms with Crippen LogP contribution >= 0.6 is 11.8 Å². The number of aromatic nitrogens is 2. The quantitative estimate of drug-likeness (QED) is 0.534. The van der Waals surface area contributed by atoms with E-state index in [-0.39, 0.29) is 5.78 Å². The van der Waals surface area contributed by atoms with Crippen LogP contribution in [0.15, 0.2) is 12.4 Å². The van der Waals surface area contributed by atoms with Crippen LogP contribution in [-0.2, 0) is 7.05 Å². The summed E-state index contributed by atoms with van der Waals surface area (Å²) in [6.07, 6.45) is 4.55. The Morgan fingerprint density at radius 1 is 1.69 bits per heavy atom. The molecule has 0 saturated carbocycles. The number of hydrogen-bond acceptors (Lipinski definition) is 3. The molecular weight excluding hydrogens is 184 g/mol. The number of aryl methyl sites for hydroxylation is 1. The molecule has 0 aliphatic carbocycles. The van der Waals surface area contributed by atoms with E-state index in [1.165, 1.54) is 0 Å². The molecule has 13 heavy (non-hydrogen) atoms. The van der Waals surface area contributed by atoms with E-state index < -0.39 is 0 Å². The van der Waals surface area contributed by atoms with Gasteiger partial charge < -0.3 is 4.57 Å². The van der Waals surface area contributed by atoms with Crippen LogP contribution in [0.3, 0.4) is 0 Å². The molecule has 0 saturated heterocycles. The maximum atomic E-state index is 11.5. The minimum atomic E-state index is 0.117. The van der Waals surface area contributed by atoms with E-state index in [0.29, 0.717) is 11.6 Å². The highest BCUT2D eigenvalue weighted by atomic mass is 32.2. The molecule has 0 aromatic carbocycles. The monoisotopic (exact) mass is 198 g/mol. The van der Waals surface area contributed by atoms with Crippen molar-refractivity contribution in [2.75, 3.05) is 11.5 Å². The fraction of sp³-hybridized carbons (Fsp3) is 0.556. The average molecular weight is 198 g/mol. The van der Waals surface area contributed by atoms with Crippen molar-refractivity contribution in [2.24, 2.45) is 7.05 Å². The van der Waals surface area contributed by atoms with E-state index in [2.05, 4.69) is 11.9 Å². The number of Topliss-reactive ketones (excluding diaryl/α,β-unsaturated/α-hetero) is 1. The van der Waals surface area contributed by atoms with Gasteiger partial charge in [-0.2, -0.15) is 11.8 Å². The molecule has 4 heteroatoms. The van der Waals surface area contributed by atoms with Gasteiger partial charge in [0.2, 0.25) is 5.78 Å². The zero-order valence-electron chi connectivity index (χ0n) is 7.99. The van der Waals surface area contributed by atoms with Crippen molar-refractivity contribution in [3.05, 3.63) is 18.2 Å². The van der Waals surface area contributed by atoms with Crippen LogP contribution in [0.2, 0.25) is 0 Å². The number of carbonyl (C=O) groups is 1. The lowest BCUT2D eigenvalue weighted by molar-refractivity contribution is 0.101. The number of imidazole rings is 1. The molecule has 0 unspecified atom stereocenters. The summed E-state index contributed by atoms with van der Waals surface area (Å²) >= 11 is 1.67. The summed E-state index contributed by atoms with van der Waals surface area (Å²) in [5.74, 6) is 2.25. The molecule has 0 fully saturated rings. The Labute approximate surface area is 82.5 Å². The van der Waals surface area contributed by atoms with Crippen LogP contribution in [0.5, 0.6) is 0 Å². The molecule has 0 radical (unpaired) electrons. The Morgan fingerprint density at radius 3 is 3.00 bits per heavy atom. The first-order valence-corrected chi connectivity index (χ1v) is 5.49. The predicted octanol–water partition coefficient (Wildman–Crippen LogP) is 1.75. The second-order valence-electron chi connectivity index (χ2n) is 2.84. The molecule has 0 N–H and O–H groups in total. The zero-order chi connectivity index (χ0) is 9.68. The highest BCUT2D eigenvalue weighted by Gasteiger charge is 2.09. The highest BCUT2D eigenvalue weighted by molar-refractivity contribution is 7.99. The van der Waals surface area contributed by atoms with Crippen molar-refractivity contribution in [2.45, 2.75) is 13.3 Å². The van der Waals surface area contributed by atoms with Crippen molar-refractivity contribution < 1.29 is 4.79 Å². The lowest BCUT2D eigenvalue weighted by atomic mass is 10.4. The fourth-order valence-electron chi connectivity index (χ4n) is 1.01. The summed E-state index contributed by atoms with van der Waals surface area (Å²) in [6, 6.07) is 0. The van der Waals surface area contributed by atoms with Crippen molar-refractivity contribution in [1.82, 2.24) is 9.55 Å². The number of nitrogens with zero attached hydrogens (tertiary/aromatic N) is 2. The van der Waals surface area contributed by atoms with Gasteiger partial charge in [-0.1, -0.05) is 6.92 Å². The van der Waals surface area contributed by atoms with Crippen LogP contribution in [0, 0.1) is 0 Å². The average Bonchev–Trinajstić information content (AvgIpc) is 2.52. The van der Waals surface area contributed by atoms with Gasteiger partial charge in [0.15, 0.2) is 5.82 Å². The van der Waals surface area contributed by atoms with Gasteiger partial charge in [-0.15, -0.1) is 0 Å². The van der Waals surface area contributed by atoms with E-state index in [1.54, 1.807) is 28.7 Å². The first-order chi connectivity index (χ1) is 6.25. The summed E-state index contributed by atoms with van der Waals surface area (Å²) < 4.78 is 1.76. The summed E-state index contributed by atoms with van der Waals surface area (Å²) in [5.41, 5.74) is 0. The van der Waals surface area contributed by atoms with Gasteiger partial charge in [-0.25, -0.2) is 4.98 Å². The minimum absolute atomic E-state index is 0.117. The lowest BCUT2D eigenvalue weighted by Crippen LogP contribution is -2.09. The van der Waals surface area contributed by atoms with Gasteiger partial charge >= 0.3 is 0 Å². The smallest absolute Gasteiger partial charge is 0.208 e. The van der Waals surface area contributed by atoms with Gasteiger partial charge in [0.25, 0.3) is 0 Å². The predicted molar refractivity (Wildman–Crippen MR) is 55.2 cm³/mol. The van der Waals surface area contributed by atoms with Gasteiger partial charge in [-0.05, 0) is 12.2 Å². The Balaban J connectivity index is 2.45. The van der Waals surface area contributed by atoms with E-state index in [1.807, 2.05) is 7.05 Å². The van der Waals surface area contributed by atoms with Crippen molar-refractivity contribution in [1.29, 1.82) is 0 Å². The van der Waals surface area contributed by atoms with Crippen LogP contribution in [0.4, 0.5) is 0 Å². The minimum Gasteiger partial charge on any atom is -0.332 e. The molecule has 72 valence electrons. The van der Waals surface area contributed by atoms with Gasteiger partial charge in [-0.3, -0.25) is 4.79 Å². The fourth-order valence-corrected chi connectivity index (χ4v) is 1.76. The molecule has 0 amide bonds. The molecule has 0 atom stereocenters. The molecule has 1 aromatic heterocycles. The highest BCUT2D eigenvalue weighted by Crippen LogP contribution is 2.06. The summed E-state index contributed by atoms with van der Waals surface area (Å²) in [6.45, 7) is 2.11. The molecule has 1 rings (SSSR count). The van der Waals surface area contributed by atoms with Crippen LogP contribution in [0.25, 0.3) is 0 Å². The largest absolute Gasteiger partial charge is 0.332 e. The number of carbonyl (C=O) groups excluding carboxylic acids is 1. The Kier molecular flexibility index (Phi) is 4.02. The third kappa shape index (κ3) is 2.88. The number of rotatable bonds is 5. The molecular formula is C9H14N2OS. The maximum Gasteiger partial charge on any atom is 0.208 e. The molecule has 1 aromatic rings. The van der Waals surface area contributed by atoms with Crippen molar-refractivity contribution in [3.63, 3.8) is 0 Å². The normalized spacial score (nSPS) is 10.3. The van der Waals surface area contributed by atoms with Gasteiger partial charge in [0, 0.05) is 19.4 Å². The second-order valence-corrected chi connectivity index (χ2v) is 3.94.